The first-order chi connectivity index (χ1) is 6.54. The summed E-state index contributed by atoms with van der Waals surface area (Å²) in [5.74, 6) is 0.246. The van der Waals surface area contributed by atoms with Gasteiger partial charge in [-0.1, -0.05) is 6.92 Å². The van der Waals surface area contributed by atoms with Crippen molar-refractivity contribution in [1.29, 1.82) is 0 Å². The van der Waals surface area contributed by atoms with Crippen LogP contribution < -0.4 is 5.32 Å². The molecule has 0 aliphatic heterocycles. The normalized spacial score (nSPS) is 9.93. The van der Waals surface area contributed by atoms with Crippen LogP contribution in [0, 0.1) is 13.8 Å². The van der Waals surface area contributed by atoms with Crippen molar-refractivity contribution in [2.24, 2.45) is 0 Å². The second kappa shape index (κ2) is 4.13. The molecule has 1 aromatic rings. The molecule has 2 N–H and O–H groups in total. The molecule has 0 aromatic heterocycles. The van der Waals surface area contributed by atoms with Gasteiger partial charge in [0.05, 0.1) is 0 Å². The van der Waals surface area contributed by atoms with Gasteiger partial charge in [-0.3, -0.25) is 4.79 Å². The van der Waals surface area contributed by atoms with Gasteiger partial charge in [-0.2, -0.15) is 0 Å². The van der Waals surface area contributed by atoms with Gasteiger partial charge < -0.3 is 10.4 Å². The molecule has 3 heteroatoms. The summed E-state index contributed by atoms with van der Waals surface area (Å²) >= 11 is 0. The Labute approximate surface area is 83.8 Å². The van der Waals surface area contributed by atoms with Crippen molar-refractivity contribution in [3.63, 3.8) is 0 Å². The lowest BCUT2D eigenvalue weighted by Gasteiger charge is -2.09. The number of carbonyl (C=O) groups is 1. The molecule has 0 atom stereocenters. The number of benzene rings is 1. The van der Waals surface area contributed by atoms with E-state index in [0.29, 0.717) is 6.42 Å². The molecule has 0 bridgehead atoms. The molecule has 0 saturated heterocycles. The molecule has 0 heterocycles. The summed E-state index contributed by atoms with van der Waals surface area (Å²) in [7, 11) is 0. The van der Waals surface area contributed by atoms with Crippen molar-refractivity contribution in [2.45, 2.75) is 27.2 Å². The number of aromatic hydroxyl groups is 1. The van der Waals surface area contributed by atoms with Gasteiger partial charge in [-0.25, -0.2) is 0 Å². The third kappa shape index (κ3) is 2.25. The molecule has 14 heavy (non-hydrogen) atoms. The minimum Gasteiger partial charge on any atom is -0.508 e. The monoisotopic (exact) mass is 193 g/mol. The summed E-state index contributed by atoms with van der Waals surface area (Å²) in [5, 5.41) is 12.2. The van der Waals surface area contributed by atoms with E-state index in [1.54, 1.807) is 26.0 Å². The summed E-state index contributed by atoms with van der Waals surface area (Å²) in [6, 6.07) is 3.43. The lowest BCUT2D eigenvalue weighted by atomic mass is 10.1. The van der Waals surface area contributed by atoms with Gasteiger partial charge in [-0.05, 0) is 37.1 Å². The minimum atomic E-state index is -0.0156. The van der Waals surface area contributed by atoms with E-state index in [-0.39, 0.29) is 11.7 Å². The molecule has 0 aliphatic rings. The number of hydrogen-bond acceptors (Lipinski definition) is 2. The maximum atomic E-state index is 11.2. The highest BCUT2D eigenvalue weighted by atomic mass is 16.3. The van der Waals surface area contributed by atoms with E-state index in [1.165, 1.54) is 0 Å². The van der Waals surface area contributed by atoms with Crippen molar-refractivity contribution < 1.29 is 9.90 Å². The SMILES string of the molecule is CCC(=O)Nc1cc(C)c(O)cc1C. The van der Waals surface area contributed by atoms with Crippen molar-refractivity contribution in [1.82, 2.24) is 0 Å². The number of aryl methyl sites for hydroxylation is 2. The molecular formula is C11H15NO2. The molecule has 76 valence electrons. The van der Waals surface area contributed by atoms with Gasteiger partial charge in [0, 0.05) is 12.1 Å². The Bertz CT molecular complexity index is 359. The van der Waals surface area contributed by atoms with Crippen molar-refractivity contribution in [3.8, 4) is 5.75 Å². The molecule has 0 unspecified atom stereocenters. The van der Waals surface area contributed by atoms with Crippen LogP contribution in [0.25, 0.3) is 0 Å². The molecule has 0 spiro atoms. The Hall–Kier alpha value is -1.51. The molecule has 0 saturated carbocycles. The quantitative estimate of drug-likeness (QED) is 0.708. The number of phenols is 1. The van der Waals surface area contributed by atoms with Gasteiger partial charge in [0.25, 0.3) is 0 Å². The summed E-state index contributed by atoms with van der Waals surface area (Å²) in [5.41, 5.74) is 2.41. The lowest BCUT2D eigenvalue weighted by Crippen LogP contribution is -2.10. The summed E-state index contributed by atoms with van der Waals surface area (Å²) in [6.07, 6.45) is 0.458. The van der Waals surface area contributed by atoms with Crippen LogP contribution in [0.4, 0.5) is 5.69 Å². The van der Waals surface area contributed by atoms with Gasteiger partial charge in [-0.15, -0.1) is 0 Å². The zero-order valence-corrected chi connectivity index (χ0v) is 8.72. The fourth-order valence-electron chi connectivity index (χ4n) is 1.17. The van der Waals surface area contributed by atoms with Gasteiger partial charge in [0.2, 0.25) is 5.91 Å². The second-order valence-electron chi connectivity index (χ2n) is 3.36. The average Bonchev–Trinajstić information content (AvgIpc) is 2.14. The van der Waals surface area contributed by atoms with Crippen LogP contribution in [0.1, 0.15) is 24.5 Å². The topological polar surface area (TPSA) is 49.3 Å². The zero-order valence-electron chi connectivity index (χ0n) is 8.72. The van der Waals surface area contributed by atoms with Crippen molar-refractivity contribution >= 4 is 11.6 Å². The predicted octanol–water partition coefficient (Wildman–Crippen LogP) is 2.36. The summed E-state index contributed by atoms with van der Waals surface area (Å²) < 4.78 is 0. The smallest absolute Gasteiger partial charge is 0.224 e. The van der Waals surface area contributed by atoms with Crippen LogP contribution >= 0.6 is 0 Å². The van der Waals surface area contributed by atoms with E-state index in [1.807, 2.05) is 6.92 Å². The Balaban J connectivity index is 2.98. The number of hydrogen-bond donors (Lipinski definition) is 2. The van der Waals surface area contributed by atoms with E-state index in [2.05, 4.69) is 5.32 Å². The van der Waals surface area contributed by atoms with Gasteiger partial charge in [0.1, 0.15) is 5.75 Å². The molecule has 3 nitrogen and oxygen atoms in total. The fourth-order valence-corrected chi connectivity index (χ4v) is 1.17. The largest absolute Gasteiger partial charge is 0.508 e. The number of amides is 1. The van der Waals surface area contributed by atoms with Crippen LogP contribution in [0.5, 0.6) is 5.75 Å². The Morgan fingerprint density at radius 2 is 2.00 bits per heavy atom. The number of phenolic OH excluding ortho intramolecular Hbond substituents is 1. The number of nitrogens with one attached hydrogen (secondary N) is 1. The number of rotatable bonds is 2. The molecule has 0 radical (unpaired) electrons. The molecule has 0 fully saturated rings. The first-order valence-electron chi connectivity index (χ1n) is 4.64. The first kappa shape index (κ1) is 10.6. The maximum absolute atomic E-state index is 11.2. The van der Waals surface area contributed by atoms with Crippen molar-refractivity contribution in [3.05, 3.63) is 23.3 Å². The average molecular weight is 193 g/mol. The Morgan fingerprint density at radius 3 is 2.57 bits per heavy atom. The second-order valence-corrected chi connectivity index (χ2v) is 3.36. The molecule has 1 amide bonds. The standard InChI is InChI=1S/C11H15NO2/c1-4-11(14)12-9-5-8(3)10(13)6-7(9)2/h5-6,13H,4H2,1-3H3,(H,12,14). The maximum Gasteiger partial charge on any atom is 0.224 e. The third-order valence-corrected chi connectivity index (χ3v) is 2.14. The molecule has 1 rings (SSSR count). The van der Waals surface area contributed by atoms with E-state index in [9.17, 15) is 9.90 Å². The zero-order chi connectivity index (χ0) is 10.7. The molecular weight excluding hydrogens is 178 g/mol. The summed E-state index contributed by atoms with van der Waals surface area (Å²) in [4.78, 5) is 11.2. The highest BCUT2D eigenvalue weighted by Crippen LogP contribution is 2.24. The highest BCUT2D eigenvalue weighted by Gasteiger charge is 2.05. The Morgan fingerprint density at radius 1 is 1.36 bits per heavy atom. The van der Waals surface area contributed by atoms with E-state index >= 15 is 0 Å². The predicted molar refractivity (Wildman–Crippen MR) is 56.5 cm³/mol. The van der Waals surface area contributed by atoms with E-state index in [4.69, 9.17) is 0 Å². The van der Waals surface area contributed by atoms with E-state index < -0.39 is 0 Å². The lowest BCUT2D eigenvalue weighted by molar-refractivity contribution is -0.115. The molecule has 1 aromatic carbocycles. The Kier molecular flexibility index (Phi) is 3.12. The number of carbonyl (C=O) groups excluding carboxylic acids is 1. The van der Waals surface area contributed by atoms with Gasteiger partial charge in [0.15, 0.2) is 0 Å². The third-order valence-electron chi connectivity index (χ3n) is 2.14. The van der Waals surface area contributed by atoms with E-state index in [0.717, 1.165) is 16.8 Å². The number of anilines is 1. The summed E-state index contributed by atoms with van der Waals surface area (Å²) in [6.45, 7) is 5.46. The molecule has 0 aliphatic carbocycles. The first-order valence-corrected chi connectivity index (χ1v) is 4.64. The minimum absolute atomic E-state index is 0.0156. The van der Waals surface area contributed by atoms with Gasteiger partial charge >= 0.3 is 0 Å². The van der Waals surface area contributed by atoms with Crippen LogP contribution in [0.2, 0.25) is 0 Å². The fraction of sp³-hybridized carbons (Fsp3) is 0.364. The van der Waals surface area contributed by atoms with Crippen molar-refractivity contribution in [2.75, 3.05) is 5.32 Å². The highest BCUT2D eigenvalue weighted by molar-refractivity contribution is 5.91. The van der Waals surface area contributed by atoms with Crippen LogP contribution in [0.15, 0.2) is 12.1 Å². The van der Waals surface area contributed by atoms with Crippen LogP contribution in [0.3, 0.4) is 0 Å². The van der Waals surface area contributed by atoms with Crippen LogP contribution in [-0.2, 0) is 4.79 Å². The van der Waals surface area contributed by atoms with Crippen LogP contribution in [-0.4, -0.2) is 11.0 Å².